The largest absolute Gasteiger partial charge is 0.350 e. The second kappa shape index (κ2) is 11.3. The quantitative estimate of drug-likeness (QED) is 0.694. The van der Waals surface area contributed by atoms with E-state index < -0.39 is 0 Å². The Balaban J connectivity index is 0.00000169. The Bertz CT molecular complexity index is 652. The van der Waals surface area contributed by atoms with Crippen LogP contribution < -0.4 is 15.5 Å². The first-order chi connectivity index (χ1) is 11.7. The van der Waals surface area contributed by atoms with E-state index in [2.05, 4.69) is 39.3 Å². The molecule has 0 unspecified atom stereocenters. The zero-order chi connectivity index (χ0) is 16.9. The van der Waals surface area contributed by atoms with Crippen molar-refractivity contribution in [2.75, 3.05) is 57.3 Å². The number of anilines is 1. The number of hydrogen-bond acceptors (Lipinski definition) is 7. The molecule has 0 bridgehead atoms. The lowest BCUT2D eigenvalue weighted by atomic mass is 10.3. The number of piperazine rings is 1. The number of nitrogens with zero attached hydrogens (tertiary/aromatic N) is 3. The molecular formula is C16H27Cl2N5OS2. The molecule has 0 aromatic carbocycles. The first kappa shape index (κ1) is 23.4. The molecule has 148 valence electrons. The predicted octanol–water partition coefficient (Wildman–Crippen LogP) is 2.68. The van der Waals surface area contributed by atoms with Crippen LogP contribution in [-0.2, 0) is 0 Å². The number of aromatic nitrogens is 1. The fraction of sp³-hybridized carbons (Fsp3) is 0.625. The van der Waals surface area contributed by atoms with Crippen LogP contribution in [0.25, 0.3) is 9.53 Å². The molecule has 1 aliphatic heterocycles. The third-order valence-electron chi connectivity index (χ3n) is 4.26. The highest BCUT2D eigenvalue weighted by molar-refractivity contribution is 7.29. The van der Waals surface area contributed by atoms with Crippen LogP contribution in [0.15, 0.2) is 6.07 Å². The Labute approximate surface area is 175 Å². The minimum absolute atomic E-state index is 0. The van der Waals surface area contributed by atoms with Gasteiger partial charge in [0, 0.05) is 52.4 Å². The second-order valence-corrected chi connectivity index (χ2v) is 7.84. The van der Waals surface area contributed by atoms with Crippen molar-refractivity contribution in [1.29, 1.82) is 0 Å². The van der Waals surface area contributed by atoms with E-state index in [-0.39, 0.29) is 30.7 Å². The van der Waals surface area contributed by atoms with E-state index in [0.717, 1.165) is 65.4 Å². The first-order valence-corrected chi connectivity index (χ1v) is 10.2. The van der Waals surface area contributed by atoms with Gasteiger partial charge in [0.15, 0.2) is 5.13 Å². The minimum Gasteiger partial charge on any atom is -0.350 e. The molecule has 0 spiro atoms. The van der Waals surface area contributed by atoms with E-state index in [4.69, 9.17) is 0 Å². The van der Waals surface area contributed by atoms with Gasteiger partial charge in [-0.05, 0) is 19.9 Å². The first-order valence-electron chi connectivity index (χ1n) is 8.57. The molecule has 10 heteroatoms. The molecule has 0 atom stereocenters. The molecule has 1 amide bonds. The number of halogens is 2. The predicted molar refractivity (Wildman–Crippen MR) is 117 cm³/mol. The molecular weight excluding hydrogens is 413 g/mol. The molecule has 1 aliphatic rings. The number of thiazole rings is 1. The Morgan fingerprint density at radius 2 is 1.96 bits per heavy atom. The van der Waals surface area contributed by atoms with Gasteiger partial charge in [-0.3, -0.25) is 9.69 Å². The summed E-state index contributed by atoms with van der Waals surface area (Å²) in [4.78, 5) is 23.3. The van der Waals surface area contributed by atoms with E-state index >= 15 is 0 Å². The van der Waals surface area contributed by atoms with Gasteiger partial charge in [0.25, 0.3) is 5.91 Å². The van der Waals surface area contributed by atoms with E-state index in [1.807, 2.05) is 6.07 Å². The third kappa shape index (κ3) is 5.68. The lowest BCUT2D eigenvalue weighted by molar-refractivity contribution is 0.0951. The van der Waals surface area contributed by atoms with Crippen molar-refractivity contribution in [3.05, 3.63) is 10.9 Å². The summed E-state index contributed by atoms with van der Waals surface area (Å²) in [5, 5.41) is 7.42. The molecule has 6 nitrogen and oxygen atoms in total. The maximum atomic E-state index is 12.3. The fourth-order valence-corrected chi connectivity index (χ4v) is 5.07. The van der Waals surface area contributed by atoms with Crippen LogP contribution in [0.5, 0.6) is 0 Å². The average Bonchev–Trinajstić information content (AvgIpc) is 3.16. The number of nitrogens with one attached hydrogen (secondary N) is 2. The summed E-state index contributed by atoms with van der Waals surface area (Å²) in [7, 11) is 0. The van der Waals surface area contributed by atoms with Crippen LogP contribution in [0.3, 0.4) is 0 Å². The summed E-state index contributed by atoms with van der Waals surface area (Å²) in [5.74, 6) is 0.0183. The van der Waals surface area contributed by atoms with Crippen molar-refractivity contribution < 1.29 is 4.79 Å². The number of fused-ring (bicyclic) bond motifs is 1. The number of rotatable bonds is 7. The van der Waals surface area contributed by atoms with Crippen LogP contribution in [0.1, 0.15) is 23.5 Å². The Kier molecular flexibility index (Phi) is 10.1. The molecule has 3 rings (SSSR count). The zero-order valence-electron chi connectivity index (χ0n) is 15.1. The van der Waals surface area contributed by atoms with Crippen molar-refractivity contribution in [3.63, 3.8) is 0 Å². The Morgan fingerprint density at radius 1 is 1.27 bits per heavy atom. The molecule has 1 fully saturated rings. The van der Waals surface area contributed by atoms with Gasteiger partial charge >= 0.3 is 0 Å². The molecule has 0 aliphatic carbocycles. The fourth-order valence-electron chi connectivity index (χ4n) is 2.81. The molecule has 1 saturated heterocycles. The molecule has 2 aromatic heterocycles. The van der Waals surface area contributed by atoms with Crippen LogP contribution in [0, 0.1) is 0 Å². The van der Waals surface area contributed by atoms with E-state index in [9.17, 15) is 4.79 Å². The van der Waals surface area contributed by atoms with Crippen LogP contribution in [0.2, 0.25) is 0 Å². The monoisotopic (exact) mass is 439 g/mol. The second-order valence-electron chi connectivity index (χ2n) is 5.80. The maximum absolute atomic E-state index is 12.3. The SMILES string of the molecule is CCN(CC)c1nc2sc(C(=O)NCCN3CCNCC3)cc2s1.Cl.Cl. The van der Waals surface area contributed by atoms with Crippen molar-refractivity contribution in [2.24, 2.45) is 0 Å². The van der Waals surface area contributed by atoms with Gasteiger partial charge in [-0.1, -0.05) is 11.3 Å². The number of carbonyl (C=O) groups is 1. The average molecular weight is 440 g/mol. The lowest BCUT2D eigenvalue weighted by Gasteiger charge is -2.26. The summed E-state index contributed by atoms with van der Waals surface area (Å²) in [6, 6.07) is 1.98. The molecule has 0 saturated carbocycles. The molecule has 3 heterocycles. The lowest BCUT2D eigenvalue weighted by Crippen LogP contribution is -2.46. The van der Waals surface area contributed by atoms with Crippen molar-refractivity contribution in [2.45, 2.75) is 13.8 Å². The maximum Gasteiger partial charge on any atom is 0.261 e. The summed E-state index contributed by atoms with van der Waals surface area (Å²) >= 11 is 3.16. The highest BCUT2D eigenvalue weighted by Gasteiger charge is 2.16. The third-order valence-corrected chi connectivity index (χ3v) is 6.48. The summed E-state index contributed by atoms with van der Waals surface area (Å²) in [5.41, 5.74) is 0. The number of amides is 1. The van der Waals surface area contributed by atoms with Gasteiger partial charge in [-0.25, -0.2) is 4.98 Å². The standard InChI is InChI=1S/C16H25N5OS2.2ClH/c1-3-21(4-2)16-19-15-13(24-16)11-12(23-15)14(22)18-7-10-20-8-5-17-6-9-20;;/h11,17H,3-10H2,1-2H3,(H,18,22);2*1H. The van der Waals surface area contributed by atoms with Gasteiger partial charge in [0.1, 0.15) is 4.83 Å². The molecule has 2 aromatic rings. The van der Waals surface area contributed by atoms with E-state index in [1.165, 1.54) is 11.3 Å². The minimum atomic E-state index is 0. The van der Waals surface area contributed by atoms with Gasteiger partial charge in [0.05, 0.1) is 9.58 Å². The summed E-state index contributed by atoms with van der Waals surface area (Å²) in [6.07, 6.45) is 0. The van der Waals surface area contributed by atoms with Gasteiger partial charge in [-0.15, -0.1) is 36.2 Å². The van der Waals surface area contributed by atoms with Crippen molar-refractivity contribution in [1.82, 2.24) is 20.5 Å². The van der Waals surface area contributed by atoms with E-state index in [1.54, 1.807) is 11.3 Å². The van der Waals surface area contributed by atoms with E-state index in [0.29, 0.717) is 6.54 Å². The van der Waals surface area contributed by atoms with Gasteiger partial charge < -0.3 is 15.5 Å². The summed E-state index contributed by atoms with van der Waals surface area (Å²) in [6.45, 7) is 12.0. The van der Waals surface area contributed by atoms with Crippen molar-refractivity contribution in [3.8, 4) is 0 Å². The highest BCUT2D eigenvalue weighted by Crippen LogP contribution is 2.34. The Morgan fingerprint density at radius 3 is 2.58 bits per heavy atom. The highest BCUT2D eigenvalue weighted by atomic mass is 35.5. The molecule has 26 heavy (non-hydrogen) atoms. The summed E-state index contributed by atoms with van der Waals surface area (Å²) < 4.78 is 1.11. The zero-order valence-corrected chi connectivity index (χ0v) is 18.4. The van der Waals surface area contributed by atoms with Gasteiger partial charge in [0.2, 0.25) is 0 Å². The van der Waals surface area contributed by atoms with Crippen LogP contribution >= 0.6 is 47.5 Å². The Hall–Kier alpha value is -0.640. The number of carbonyl (C=O) groups excluding carboxylic acids is 1. The normalized spacial score (nSPS) is 14.5. The smallest absolute Gasteiger partial charge is 0.261 e. The number of hydrogen-bond donors (Lipinski definition) is 2. The van der Waals surface area contributed by atoms with Crippen LogP contribution in [0.4, 0.5) is 5.13 Å². The topological polar surface area (TPSA) is 60.5 Å². The number of thiophene rings is 1. The van der Waals surface area contributed by atoms with Crippen molar-refractivity contribution >= 4 is 68.1 Å². The van der Waals surface area contributed by atoms with Crippen LogP contribution in [-0.4, -0.2) is 68.1 Å². The van der Waals surface area contributed by atoms with Gasteiger partial charge in [-0.2, -0.15) is 0 Å². The molecule has 2 N–H and O–H groups in total. The molecule has 0 radical (unpaired) electrons.